The number of benzene rings is 2. The number of rotatable bonds is 6. The molecule has 2 aliphatic heterocycles. The highest BCUT2D eigenvalue weighted by molar-refractivity contribution is 7.09. The predicted molar refractivity (Wildman–Crippen MR) is 136 cm³/mol. The molecule has 1 atom stereocenters. The van der Waals surface area contributed by atoms with Crippen molar-refractivity contribution in [2.45, 2.75) is 44.6 Å². The highest BCUT2D eigenvalue weighted by Gasteiger charge is 2.30. The Hall–Kier alpha value is -3.17. The van der Waals surface area contributed by atoms with Crippen molar-refractivity contribution in [2.24, 2.45) is 0 Å². The van der Waals surface area contributed by atoms with E-state index in [1.165, 1.54) is 6.07 Å². The van der Waals surface area contributed by atoms with Crippen molar-refractivity contribution in [3.05, 3.63) is 69.5 Å². The second-order valence-electron chi connectivity index (χ2n) is 9.51. The van der Waals surface area contributed by atoms with Gasteiger partial charge in [0.25, 0.3) is 5.91 Å². The third kappa shape index (κ3) is 5.47. The van der Waals surface area contributed by atoms with Crippen molar-refractivity contribution < 1.29 is 18.4 Å². The number of halogens is 2. The van der Waals surface area contributed by atoms with Gasteiger partial charge in [0.15, 0.2) is 0 Å². The molecule has 0 bridgehead atoms. The fourth-order valence-corrected chi connectivity index (χ4v) is 5.72. The average molecular weight is 511 g/mol. The summed E-state index contributed by atoms with van der Waals surface area (Å²) in [4.78, 5) is 31.7. The van der Waals surface area contributed by atoms with Crippen LogP contribution in [0.15, 0.2) is 41.8 Å². The van der Waals surface area contributed by atoms with E-state index < -0.39 is 11.6 Å². The van der Waals surface area contributed by atoms with Crippen molar-refractivity contribution >= 4 is 28.8 Å². The van der Waals surface area contributed by atoms with Crippen LogP contribution in [-0.2, 0) is 4.79 Å². The van der Waals surface area contributed by atoms with Gasteiger partial charge in [-0.2, -0.15) is 0 Å². The van der Waals surface area contributed by atoms with Gasteiger partial charge in [-0.25, -0.2) is 13.8 Å². The largest absolute Gasteiger partial charge is 0.349 e. The van der Waals surface area contributed by atoms with Crippen molar-refractivity contribution in [3.8, 4) is 11.3 Å². The number of nitrogens with zero attached hydrogens (tertiary/aromatic N) is 2. The second kappa shape index (κ2) is 10.4. The molecule has 2 aromatic carbocycles. The number of carbonyl (C=O) groups is 2. The van der Waals surface area contributed by atoms with Gasteiger partial charge < -0.3 is 15.5 Å². The Kier molecular flexibility index (Phi) is 7.11. The number of nitrogens with one attached hydrogen (secondary N) is 2. The first-order valence-electron chi connectivity index (χ1n) is 12.2. The molecule has 2 amide bonds. The monoisotopic (exact) mass is 510 g/mol. The molecule has 0 aliphatic carbocycles. The van der Waals surface area contributed by atoms with Gasteiger partial charge in [0.1, 0.15) is 11.6 Å². The van der Waals surface area contributed by atoms with Crippen molar-refractivity contribution in [3.63, 3.8) is 0 Å². The molecule has 6 nitrogen and oxygen atoms in total. The highest BCUT2D eigenvalue weighted by atomic mass is 32.1. The zero-order valence-electron chi connectivity index (χ0n) is 20.0. The van der Waals surface area contributed by atoms with Gasteiger partial charge in [0.2, 0.25) is 5.91 Å². The SMILES string of the molecule is Cc1nc(-c2cccc(C(=O)NC3CCN(CCC4CC(=O)Nc5cc(F)cc(F)c54)CC3)c2)cs1. The normalized spacial score (nSPS) is 18.5. The summed E-state index contributed by atoms with van der Waals surface area (Å²) in [5.74, 6) is -1.88. The predicted octanol–water partition coefficient (Wildman–Crippen LogP) is 5.11. The molecule has 36 heavy (non-hydrogen) atoms. The number of fused-ring (bicyclic) bond motifs is 1. The molecule has 3 heterocycles. The zero-order chi connectivity index (χ0) is 25.2. The maximum absolute atomic E-state index is 14.5. The van der Waals surface area contributed by atoms with Gasteiger partial charge >= 0.3 is 0 Å². The summed E-state index contributed by atoms with van der Waals surface area (Å²) in [6, 6.07) is 9.68. The summed E-state index contributed by atoms with van der Waals surface area (Å²) in [5.41, 5.74) is 3.06. The van der Waals surface area contributed by atoms with Crippen LogP contribution in [0.25, 0.3) is 11.3 Å². The molecule has 1 fully saturated rings. The lowest BCUT2D eigenvalue weighted by Gasteiger charge is -2.34. The molecule has 1 unspecified atom stereocenters. The Bertz CT molecular complexity index is 1290. The first-order chi connectivity index (χ1) is 17.4. The van der Waals surface area contributed by atoms with Crippen LogP contribution in [0.1, 0.15) is 52.5 Å². The molecule has 3 aromatic rings. The van der Waals surface area contributed by atoms with Crippen molar-refractivity contribution in [1.29, 1.82) is 0 Å². The van der Waals surface area contributed by atoms with Gasteiger partial charge in [-0.1, -0.05) is 12.1 Å². The Morgan fingerprint density at radius 3 is 2.78 bits per heavy atom. The van der Waals surface area contributed by atoms with E-state index in [1.807, 2.05) is 36.6 Å². The van der Waals surface area contributed by atoms with Crippen LogP contribution in [0, 0.1) is 18.6 Å². The molecular formula is C27H28F2N4O2S. The number of anilines is 1. The summed E-state index contributed by atoms with van der Waals surface area (Å²) >= 11 is 1.58. The standard InChI is InChI=1S/C27H28F2N4O2S/c1-16-30-24(15-36-16)17-3-2-4-19(11-17)27(35)31-21-6-9-33(10-7-21)8-5-18-12-25(34)32-23-14-20(28)13-22(29)26(18)23/h2-4,11,13-15,18,21H,5-10,12H2,1H3,(H,31,35)(H,32,34). The lowest BCUT2D eigenvalue weighted by Crippen LogP contribution is -2.45. The van der Waals surface area contributed by atoms with Gasteiger partial charge in [-0.15, -0.1) is 11.3 Å². The van der Waals surface area contributed by atoms with Crippen molar-refractivity contribution in [2.75, 3.05) is 25.0 Å². The van der Waals surface area contributed by atoms with E-state index in [1.54, 1.807) is 11.3 Å². The Labute approximate surface area is 212 Å². The summed E-state index contributed by atoms with van der Waals surface area (Å²) < 4.78 is 28.1. The number of aryl methyl sites for hydroxylation is 1. The van der Waals surface area contributed by atoms with E-state index >= 15 is 0 Å². The number of thiazole rings is 1. The van der Waals surface area contributed by atoms with Gasteiger partial charge in [0.05, 0.1) is 16.4 Å². The number of amides is 2. The Morgan fingerprint density at radius 1 is 1.22 bits per heavy atom. The first kappa shape index (κ1) is 24.5. The van der Waals surface area contributed by atoms with Gasteiger partial charge in [-0.3, -0.25) is 9.59 Å². The summed E-state index contributed by atoms with van der Waals surface area (Å²) in [6.07, 6.45) is 2.44. The minimum Gasteiger partial charge on any atom is -0.349 e. The van der Waals surface area contributed by atoms with Gasteiger partial charge in [0, 0.05) is 53.7 Å². The smallest absolute Gasteiger partial charge is 0.251 e. The third-order valence-electron chi connectivity index (χ3n) is 6.96. The molecule has 9 heteroatoms. The molecule has 188 valence electrons. The molecule has 2 aliphatic rings. The zero-order valence-corrected chi connectivity index (χ0v) is 20.8. The molecule has 1 aromatic heterocycles. The quantitative estimate of drug-likeness (QED) is 0.484. The molecule has 0 spiro atoms. The Balaban J connectivity index is 1.13. The first-order valence-corrected chi connectivity index (χ1v) is 13.1. The number of piperidine rings is 1. The van der Waals surface area contributed by atoms with Crippen LogP contribution in [0.2, 0.25) is 0 Å². The minimum atomic E-state index is -0.693. The minimum absolute atomic E-state index is 0.0838. The van der Waals surface area contributed by atoms with E-state index in [0.29, 0.717) is 24.1 Å². The van der Waals surface area contributed by atoms with E-state index in [0.717, 1.165) is 48.3 Å². The van der Waals surface area contributed by atoms with E-state index in [-0.39, 0.29) is 35.9 Å². The number of aromatic nitrogens is 1. The molecule has 5 rings (SSSR count). The molecule has 0 saturated carbocycles. The topological polar surface area (TPSA) is 74.3 Å². The van der Waals surface area contributed by atoms with E-state index in [9.17, 15) is 18.4 Å². The van der Waals surface area contributed by atoms with E-state index in [4.69, 9.17) is 0 Å². The molecular weight excluding hydrogens is 482 g/mol. The number of likely N-dealkylation sites (tertiary alicyclic amines) is 1. The van der Waals surface area contributed by atoms with Gasteiger partial charge in [-0.05, 0) is 56.8 Å². The Morgan fingerprint density at radius 2 is 2.03 bits per heavy atom. The van der Waals surface area contributed by atoms with Crippen LogP contribution >= 0.6 is 11.3 Å². The highest BCUT2D eigenvalue weighted by Crippen LogP contribution is 2.37. The number of hydrogen-bond acceptors (Lipinski definition) is 5. The molecule has 0 radical (unpaired) electrons. The number of carbonyl (C=O) groups excluding carboxylic acids is 2. The van der Waals surface area contributed by atoms with Crippen LogP contribution in [0.5, 0.6) is 0 Å². The van der Waals surface area contributed by atoms with Crippen LogP contribution in [0.4, 0.5) is 14.5 Å². The molecule has 2 N–H and O–H groups in total. The molecule has 1 saturated heterocycles. The lowest BCUT2D eigenvalue weighted by molar-refractivity contribution is -0.116. The fraction of sp³-hybridized carbons (Fsp3) is 0.370. The van der Waals surface area contributed by atoms with Crippen LogP contribution in [-0.4, -0.2) is 47.4 Å². The summed E-state index contributed by atoms with van der Waals surface area (Å²) in [5, 5.41) is 8.72. The fourth-order valence-electron chi connectivity index (χ4n) is 5.10. The maximum Gasteiger partial charge on any atom is 0.251 e. The lowest BCUT2D eigenvalue weighted by atomic mass is 9.87. The average Bonchev–Trinajstić information content (AvgIpc) is 3.29. The number of hydrogen-bond donors (Lipinski definition) is 2. The summed E-state index contributed by atoms with van der Waals surface area (Å²) in [6.45, 7) is 4.28. The van der Waals surface area contributed by atoms with Crippen LogP contribution < -0.4 is 10.6 Å². The second-order valence-corrected chi connectivity index (χ2v) is 10.6. The van der Waals surface area contributed by atoms with Crippen molar-refractivity contribution in [1.82, 2.24) is 15.2 Å². The van der Waals surface area contributed by atoms with Crippen LogP contribution in [0.3, 0.4) is 0 Å². The third-order valence-corrected chi connectivity index (χ3v) is 7.74. The summed E-state index contributed by atoms with van der Waals surface area (Å²) in [7, 11) is 0. The maximum atomic E-state index is 14.5. The van der Waals surface area contributed by atoms with E-state index in [2.05, 4.69) is 20.5 Å².